The highest BCUT2D eigenvalue weighted by molar-refractivity contribution is 7.13. The molecule has 0 aliphatic heterocycles. The maximum absolute atomic E-state index is 12.4. The lowest BCUT2D eigenvalue weighted by Gasteiger charge is -2.12. The van der Waals surface area contributed by atoms with Gasteiger partial charge in [0.05, 0.1) is 10.6 Å². The molecule has 96 valence electrons. The molecule has 1 aliphatic carbocycles. The van der Waals surface area contributed by atoms with E-state index in [0.717, 1.165) is 41.8 Å². The lowest BCUT2D eigenvalue weighted by atomic mass is 9.97. The number of aromatic amines is 1. The average Bonchev–Trinajstić information content (AvgIpc) is 3.07. The summed E-state index contributed by atoms with van der Waals surface area (Å²) < 4.78 is 1.47. The molecule has 0 saturated heterocycles. The van der Waals surface area contributed by atoms with Gasteiger partial charge in [0.15, 0.2) is 5.82 Å². The van der Waals surface area contributed by atoms with Crippen molar-refractivity contribution in [2.75, 3.05) is 0 Å². The molecule has 0 atom stereocenters. The minimum atomic E-state index is 0.00926. The number of aryl methyl sites for hydroxylation is 1. The minimum Gasteiger partial charge on any atom is -0.270 e. The van der Waals surface area contributed by atoms with Gasteiger partial charge in [0.2, 0.25) is 0 Å². The van der Waals surface area contributed by atoms with Crippen LogP contribution in [0.2, 0.25) is 0 Å². The topological polar surface area (TPSA) is 63.0 Å². The van der Waals surface area contributed by atoms with Crippen LogP contribution in [0.4, 0.5) is 0 Å². The average molecular weight is 272 g/mol. The van der Waals surface area contributed by atoms with Crippen molar-refractivity contribution < 1.29 is 0 Å². The first kappa shape index (κ1) is 10.9. The molecule has 0 saturated carbocycles. The Labute approximate surface area is 112 Å². The number of hydrogen-bond donors (Lipinski definition) is 1. The van der Waals surface area contributed by atoms with Gasteiger partial charge in [-0.05, 0) is 37.1 Å². The van der Waals surface area contributed by atoms with Crippen LogP contribution in [0.3, 0.4) is 0 Å². The standard InChI is InChI=1S/C13H12N4OS/c18-12-8-4-1-2-5-9(8)14-13-15-11(16-17(12)13)10-6-3-7-19-10/h3,6-7H,1-2,4-5H2,(H,14,15,16). The molecule has 0 unspecified atom stereocenters. The van der Waals surface area contributed by atoms with E-state index in [1.54, 1.807) is 11.3 Å². The maximum Gasteiger partial charge on any atom is 0.277 e. The Morgan fingerprint density at radius 3 is 3.00 bits per heavy atom. The second-order valence-electron chi connectivity index (χ2n) is 4.73. The van der Waals surface area contributed by atoms with E-state index in [9.17, 15) is 4.79 Å². The van der Waals surface area contributed by atoms with Crippen LogP contribution in [0.1, 0.15) is 24.1 Å². The van der Waals surface area contributed by atoms with Crippen molar-refractivity contribution in [2.45, 2.75) is 25.7 Å². The Hall–Kier alpha value is -1.95. The second kappa shape index (κ2) is 4.03. The molecule has 0 radical (unpaired) electrons. The molecule has 5 nitrogen and oxygen atoms in total. The molecule has 0 aromatic carbocycles. The highest BCUT2D eigenvalue weighted by atomic mass is 32.1. The fraction of sp³-hybridized carbons (Fsp3) is 0.308. The smallest absolute Gasteiger partial charge is 0.270 e. The molecule has 4 rings (SSSR count). The predicted molar refractivity (Wildman–Crippen MR) is 73.6 cm³/mol. The van der Waals surface area contributed by atoms with Crippen molar-refractivity contribution in [1.82, 2.24) is 19.6 Å². The SMILES string of the molecule is O=c1c2c(nc3nc(-c4cccs4)[nH]n13)CCCC2. The van der Waals surface area contributed by atoms with Crippen LogP contribution in [-0.4, -0.2) is 19.6 Å². The highest BCUT2D eigenvalue weighted by Gasteiger charge is 2.18. The highest BCUT2D eigenvalue weighted by Crippen LogP contribution is 2.22. The van der Waals surface area contributed by atoms with Crippen molar-refractivity contribution in [3.8, 4) is 10.7 Å². The number of fused-ring (bicyclic) bond motifs is 2. The monoisotopic (exact) mass is 272 g/mol. The molecule has 3 heterocycles. The van der Waals surface area contributed by atoms with E-state index in [1.165, 1.54) is 4.52 Å². The fourth-order valence-electron chi connectivity index (χ4n) is 2.57. The van der Waals surface area contributed by atoms with E-state index in [-0.39, 0.29) is 5.56 Å². The number of nitrogens with zero attached hydrogens (tertiary/aromatic N) is 3. The summed E-state index contributed by atoms with van der Waals surface area (Å²) >= 11 is 1.59. The number of nitrogens with one attached hydrogen (secondary N) is 1. The van der Waals surface area contributed by atoms with Crippen molar-refractivity contribution >= 4 is 17.1 Å². The van der Waals surface area contributed by atoms with Crippen LogP contribution in [0, 0.1) is 0 Å². The Morgan fingerprint density at radius 1 is 1.26 bits per heavy atom. The van der Waals surface area contributed by atoms with Gasteiger partial charge in [-0.1, -0.05) is 6.07 Å². The largest absolute Gasteiger partial charge is 0.277 e. The van der Waals surface area contributed by atoms with E-state index in [2.05, 4.69) is 15.1 Å². The van der Waals surface area contributed by atoms with Gasteiger partial charge in [0, 0.05) is 5.56 Å². The van der Waals surface area contributed by atoms with Gasteiger partial charge in [-0.15, -0.1) is 11.3 Å². The van der Waals surface area contributed by atoms with Gasteiger partial charge in [-0.25, -0.2) is 4.98 Å². The van der Waals surface area contributed by atoms with E-state index in [0.29, 0.717) is 11.6 Å². The number of rotatable bonds is 1. The number of aromatic nitrogens is 4. The zero-order valence-electron chi connectivity index (χ0n) is 10.2. The predicted octanol–water partition coefficient (Wildman–Crippen LogP) is 2.02. The molecule has 19 heavy (non-hydrogen) atoms. The normalized spacial score (nSPS) is 14.7. The third-order valence-electron chi connectivity index (χ3n) is 3.52. The van der Waals surface area contributed by atoms with Gasteiger partial charge in [-0.3, -0.25) is 9.89 Å². The van der Waals surface area contributed by atoms with Crippen LogP contribution in [0.5, 0.6) is 0 Å². The van der Waals surface area contributed by atoms with Crippen LogP contribution in [0.15, 0.2) is 22.3 Å². The van der Waals surface area contributed by atoms with E-state index >= 15 is 0 Å². The van der Waals surface area contributed by atoms with Gasteiger partial charge >= 0.3 is 0 Å². The summed E-state index contributed by atoms with van der Waals surface area (Å²) in [5.74, 6) is 1.19. The molecule has 6 heteroatoms. The first-order valence-electron chi connectivity index (χ1n) is 6.37. The summed E-state index contributed by atoms with van der Waals surface area (Å²) in [5, 5.41) is 5.05. The van der Waals surface area contributed by atoms with Gasteiger partial charge in [0.25, 0.3) is 11.3 Å². The second-order valence-corrected chi connectivity index (χ2v) is 5.68. The van der Waals surface area contributed by atoms with Gasteiger partial charge < -0.3 is 0 Å². The molecule has 1 aliphatic rings. The first-order chi connectivity index (χ1) is 9.33. The van der Waals surface area contributed by atoms with E-state index < -0.39 is 0 Å². The molecule has 0 fully saturated rings. The third kappa shape index (κ3) is 1.63. The van der Waals surface area contributed by atoms with Crippen molar-refractivity contribution in [3.63, 3.8) is 0 Å². The molecule has 0 spiro atoms. The van der Waals surface area contributed by atoms with E-state index in [4.69, 9.17) is 0 Å². The first-order valence-corrected chi connectivity index (χ1v) is 7.25. The summed E-state index contributed by atoms with van der Waals surface area (Å²) in [6.07, 6.45) is 3.90. The van der Waals surface area contributed by atoms with Gasteiger partial charge in [-0.2, -0.15) is 9.50 Å². The molecule has 3 aromatic heterocycles. The molecular formula is C13H12N4OS. The molecular weight excluding hydrogens is 260 g/mol. The van der Waals surface area contributed by atoms with Crippen molar-refractivity contribution in [1.29, 1.82) is 0 Å². The lowest BCUT2D eigenvalue weighted by Crippen LogP contribution is -2.25. The summed E-state index contributed by atoms with van der Waals surface area (Å²) in [7, 11) is 0. The fourth-order valence-corrected chi connectivity index (χ4v) is 3.23. The maximum atomic E-state index is 12.4. The van der Waals surface area contributed by atoms with E-state index in [1.807, 2.05) is 17.5 Å². The lowest BCUT2D eigenvalue weighted by molar-refractivity contribution is 0.650. The van der Waals surface area contributed by atoms with Crippen LogP contribution < -0.4 is 5.56 Å². The van der Waals surface area contributed by atoms with Crippen molar-refractivity contribution in [3.05, 3.63) is 39.1 Å². The zero-order valence-corrected chi connectivity index (χ0v) is 11.0. The molecule has 0 bridgehead atoms. The zero-order chi connectivity index (χ0) is 12.8. The summed E-state index contributed by atoms with van der Waals surface area (Å²) in [6, 6.07) is 3.95. The Bertz CT molecular complexity index is 800. The van der Waals surface area contributed by atoms with Crippen LogP contribution >= 0.6 is 11.3 Å². The Morgan fingerprint density at radius 2 is 2.16 bits per heavy atom. The summed E-state index contributed by atoms with van der Waals surface area (Å²) in [5.41, 5.74) is 1.79. The van der Waals surface area contributed by atoms with Gasteiger partial charge in [0.1, 0.15) is 0 Å². The summed E-state index contributed by atoms with van der Waals surface area (Å²) in [4.78, 5) is 22.4. The quantitative estimate of drug-likeness (QED) is 0.737. The van der Waals surface area contributed by atoms with Crippen LogP contribution in [0.25, 0.3) is 16.5 Å². The number of thiophene rings is 1. The Balaban J connectivity index is 1.99. The molecule has 3 aromatic rings. The third-order valence-corrected chi connectivity index (χ3v) is 4.40. The number of H-pyrrole nitrogens is 1. The van der Waals surface area contributed by atoms with Crippen molar-refractivity contribution in [2.24, 2.45) is 0 Å². The number of hydrogen-bond acceptors (Lipinski definition) is 4. The van der Waals surface area contributed by atoms with Crippen LogP contribution in [-0.2, 0) is 12.8 Å². The molecule has 0 amide bonds. The summed E-state index contributed by atoms with van der Waals surface area (Å²) in [6.45, 7) is 0. The Kier molecular flexibility index (Phi) is 2.32. The molecule has 1 N–H and O–H groups in total. The minimum absolute atomic E-state index is 0.00926.